The summed E-state index contributed by atoms with van der Waals surface area (Å²) in [7, 11) is 1.91. The summed E-state index contributed by atoms with van der Waals surface area (Å²) in [6.45, 7) is 3.77. The highest BCUT2D eigenvalue weighted by molar-refractivity contribution is 9.10. The standard InChI is InChI=1S/C10H12BrN3O/c1-10(2)9(15)13-7-5-12-4-6(11)8(7)14(10)3/h4-5H,1-3H3,(H,13,15). The van der Waals surface area contributed by atoms with Crippen LogP contribution in [0.1, 0.15) is 13.8 Å². The van der Waals surface area contributed by atoms with Gasteiger partial charge in [0.05, 0.1) is 22.0 Å². The normalized spacial score (nSPS) is 18.4. The third-order valence-corrected chi connectivity index (χ3v) is 3.43. The van der Waals surface area contributed by atoms with Crippen LogP contribution in [0.4, 0.5) is 11.4 Å². The zero-order chi connectivity index (χ0) is 11.2. The number of hydrogen-bond acceptors (Lipinski definition) is 3. The van der Waals surface area contributed by atoms with E-state index in [0.29, 0.717) is 0 Å². The predicted octanol–water partition coefficient (Wildman–Crippen LogP) is 2.01. The van der Waals surface area contributed by atoms with Gasteiger partial charge in [-0.25, -0.2) is 0 Å². The molecule has 0 spiro atoms. The maximum atomic E-state index is 11.8. The Labute approximate surface area is 96.8 Å². The Morgan fingerprint density at radius 2 is 2.13 bits per heavy atom. The second-order valence-corrected chi connectivity index (χ2v) is 4.94. The first kappa shape index (κ1) is 10.4. The van der Waals surface area contributed by atoms with Crippen molar-refractivity contribution in [3.8, 4) is 0 Å². The molecule has 1 aliphatic heterocycles. The lowest BCUT2D eigenvalue weighted by molar-refractivity contribution is -0.120. The van der Waals surface area contributed by atoms with Crippen LogP contribution >= 0.6 is 15.9 Å². The largest absolute Gasteiger partial charge is 0.358 e. The molecule has 1 aromatic heterocycles. The van der Waals surface area contributed by atoms with Gasteiger partial charge < -0.3 is 10.2 Å². The van der Waals surface area contributed by atoms with Gasteiger partial charge in [-0.05, 0) is 29.8 Å². The van der Waals surface area contributed by atoms with Crippen molar-refractivity contribution in [2.75, 3.05) is 17.3 Å². The van der Waals surface area contributed by atoms with Crippen LogP contribution in [-0.2, 0) is 4.79 Å². The summed E-state index contributed by atoms with van der Waals surface area (Å²) in [6, 6.07) is 0. The van der Waals surface area contributed by atoms with Crippen molar-refractivity contribution in [3.05, 3.63) is 16.9 Å². The molecule has 0 radical (unpaired) electrons. The molecule has 4 nitrogen and oxygen atoms in total. The average molecular weight is 270 g/mol. The van der Waals surface area contributed by atoms with Gasteiger partial charge in [0.2, 0.25) is 5.91 Å². The number of nitrogens with one attached hydrogen (secondary N) is 1. The van der Waals surface area contributed by atoms with Crippen molar-refractivity contribution in [1.82, 2.24) is 4.98 Å². The second kappa shape index (κ2) is 3.20. The zero-order valence-corrected chi connectivity index (χ0v) is 10.4. The minimum atomic E-state index is -0.545. The van der Waals surface area contributed by atoms with Crippen molar-refractivity contribution in [3.63, 3.8) is 0 Å². The average Bonchev–Trinajstić information content (AvgIpc) is 2.15. The molecule has 80 valence electrons. The van der Waals surface area contributed by atoms with Crippen molar-refractivity contribution in [1.29, 1.82) is 0 Å². The fourth-order valence-corrected chi connectivity index (χ4v) is 2.17. The SMILES string of the molecule is CN1c2c(Br)cncc2NC(=O)C1(C)C. The van der Waals surface area contributed by atoms with E-state index >= 15 is 0 Å². The molecule has 0 saturated carbocycles. The van der Waals surface area contributed by atoms with Crippen LogP contribution < -0.4 is 10.2 Å². The second-order valence-electron chi connectivity index (χ2n) is 4.09. The zero-order valence-electron chi connectivity index (χ0n) is 8.84. The highest BCUT2D eigenvalue weighted by Gasteiger charge is 2.38. The highest BCUT2D eigenvalue weighted by atomic mass is 79.9. The first-order chi connectivity index (χ1) is 6.94. The number of likely N-dealkylation sites (N-methyl/N-ethyl adjacent to an activating group) is 1. The number of fused-ring (bicyclic) bond motifs is 1. The Hall–Kier alpha value is -1.10. The van der Waals surface area contributed by atoms with E-state index in [-0.39, 0.29) is 5.91 Å². The van der Waals surface area contributed by atoms with Crippen LogP contribution in [0.3, 0.4) is 0 Å². The van der Waals surface area contributed by atoms with E-state index in [1.54, 1.807) is 12.4 Å². The maximum Gasteiger partial charge on any atom is 0.249 e. The number of anilines is 2. The summed E-state index contributed by atoms with van der Waals surface area (Å²) in [5.41, 5.74) is 1.17. The van der Waals surface area contributed by atoms with E-state index in [2.05, 4.69) is 26.2 Å². The topological polar surface area (TPSA) is 45.2 Å². The molecule has 2 heterocycles. The Morgan fingerprint density at radius 1 is 1.47 bits per heavy atom. The number of nitrogens with zero attached hydrogens (tertiary/aromatic N) is 2. The lowest BCUT2D eigenvalue weighted by atomic mass is 9.98. The molecule has 0 saturated heterocycles. The van der Waals surface area contributed by atoms with Crippen molar-refractivity contribution < 1.29 is 4.79 Å². The Kier molecular flexibility index (Phi) is 2.22. The third kappa shape index (κ3) is 1.42. The number of carbonyl (C=O) groups is 1. The van der Waals surface area contributed by atoms with Crippen LogP contribution in [0.15, 0.2) is 16.9 Å². The number of pyridine rings is 1. The summed E-state index contributed by atoms with van der Waals surface area (Å²) < 4.78 is 0.885. The molecule has 15 heavy (non-hydrogen) atoms. The van der Waals surface area contributed by atoms with E-state index in [1.165, 1.54) is 0 Å². The molecule has 0 unspecified atom stereocenters. The van der Waals surface area contributed by atoms with Gasteiger partial charge in [0.1, 0.15) is 5.54 Å². The van der Waals surface area contributed by atoms with Gasteiger partial charge in [-0.15, -0.1) is 0 Å². The fourth-order valence-electron chi connectivity index (χ4n) is 1.57. The summed E-state index contributed by atoms with van der Waals surface area (Å²) >= 11 is 3.44. The van der Waals surface area contributed by atoms with Crippen LogP contribution in [0, 0.1) is 0 Å². The predicted molar refractivity (Wildman–Crippen MR) is 63.0 cm³/mol. The molecule has 0 aromatic carbocycles. The van der Waals surface area contributed by atoms with Crippen molar-refractivity contribution >= 4 is 33.2 Å². The maximum absolute atomic E-state index is 11.8. The van der Waals surface area contributed by atoms with E-state index in [1.807, 2.05) is 25.8 Å². The molecule has 5 heteroatoms. The molecule has 1 amide bonds. The highest BCUT2D eigenvalue weighted by Crippen LogP contribution is 2.39. The van der Waals surface area contributed by atoms with Gasteiger partial charge in [-0.2, -0.15) is 0 Å². The fraction of sp³-hybridized carbons (Fsp3) is 0.400. The van der Waals surface area contributed by atoms with E-state index in [0.717, 1.165) is 15.8 Å². The Morgan fingerprint density at radius 3 is 2.80 bits per heavy atom. The van der Waals surface area contributed by atoms with E-state index < -0.39 is 5.54 Å². The van der Waals surface area contributed by atoms with E-state index in [9.17, 15) is 4.79 Å². The molecule has 0 aliphatic carbocycles. The first-order valence-electron chi connectivity index (χ1n) is 4.63. The number of carbonyl (C=O) groups excluding carboxylic acids is 1. The van der Waals surface area contributed by atoms with E-state index in [4.69, 9.17) is 0 Å². The van der Waals surface area contributed by atoms with Crippen molar-refractivity contribution in [2.24, 2.45) is 0 Å². The summed E-state index contributed by atoms with van der Waals surface area (Å²) in [4.78, 5) is 17.8. The molecule has 0 atom stereocenters. The van der Waals surface area contributed by atoms with Gasteiger partial charge in [0.15, 0.2) is 0 Å². The Balaban J connectivity index is 2.62. The summed E-state index contributed by atoms with van der Waals surface area (Å²) in [6.07, 6.45) is 3.38. The lowest BCUT2D eigenvalue weighted by Crippen LogP contribution is -2.54. The minimum Gasteiger partial charge on any atom is -0.358 e. The third-order valence-electron chi connectivity index (χ3n) is 2.85. The number of rotatable bonds is 0. The van der Waals surface area contributed by atoms with Gasteiger partial charge in [0.25, 0.3) is 0 Å². The molecule has 0 fully saturated rings. The molecule has 0 bridgehead atoms. The van der Waals surface area contributed by atoms with Crippen LogP contribution in [0.25, 0.3) is 0 Å². The number of amides is 1. The monoisotopic (exact) mass is 269 g/mol. The molecular formula is C10H12BrN3O. The Bertz CT molecular complexity index is 431. The van der Waals surface area contributed by atoms with Gasteiger partial charge in [0, 0.05) is 13.2 Å². The number of hydrogen-bond donors (Lipinski definition) is 1. The first-order valence-corrected chi connectivity index (χ1v) is 5.42. The van der Waals surface area contributed by atoms with Gasteiger partial charge in [-0.3, -0.25) is 9.78 Å². The molecule has 1 aromatic rings. The van der Waals surface area contributed by atoms with Crippen LogP contribution in [0.2, 0.25) is 0 Å². The summed E-state index contributed by atoms with van der Waals surface area (Å²) in [5.74, 6) is -0.0163. The quantitative estimate of drug-likeness (QED) is 0.784. The number of aromatic nitrogens is 1. The smallest absolute Gasteiger partial charge is 0.249 e. The van der Waals surface area contributed by atoms with Crippen LogP contribution in [0.5, 0.6) is 0 Å². The van der Waals surface area contributed by atoms with Crippen molar-refractivity contribution in [2.45, 2.75) is 19.4 Å². The number of halogens is 1. The lowest BCUT2D eigenvalue weighted by Gasteiger charge is -2.41. The molecule has 1 aliphatic rings. The van der Waals surface area contributed by atoms with Gasteiger partial charge in [-0.1, -0.05) is 0 Å². The van der Waals surface area contributed by atoms with Crippen LogP contribution in [-0.4, -0.2) is 23.5 Å². The van der Waals surface area contributed by atoms with Gasteiger partial charge >= 0.3 is 0 Å². The summed E-state index contributed by atoms with van der Waals surface area (Å²) in [5, 5.41) is 2.85. The molecule has 2 rings (SSSR count). The minimum absolute atomic E-state index is 0.0163. The molecule has 1 N–H and O–H groups in total. The molecular weight excluding hydrogens is 258 g/mol.